The van der Waals surface area contributed by atoms with E-state index >= 15 is 0 Å². The standard InChI is InChI=1S/C15H14INO2/c1-3-19-15(18)7-4-11-8-10(2)17-14-6-5-12(16)9-13(11)14/h4-9H,3H2,1-2H3/b7-4+. The van der Waals surface area contributed by atoms with Crippen LogP contribution in [0, 0.1) is 10.5 Å². The Hall–Kier alpha value is -1.43. The second-order valence-electron chi connectivity index (χ2n) is 4.10. The van der Waals surface area contributed by atoms with Gasteiger partial charge < -0.3 is 4.74 Å². The molecule has 0 amide bonds. The zero-order valence-electron chi connectivity index (χ0n) is 10.8. The third-order valence-corrected chi connectivity index (χ3v) is 3.29. The maximum Gasteiger partial charge on any atom is 0.330 e. The summed E-state index contributed by atoms with van der Waals surface area (Å²) in [5, 5.41) is 1.04. The molecule has 3 nitrogen and oxygen atoms in total. The van der Waals surface area contributed by atoms with Crippen molar-refractivity contribution in [2.75, 3.05) is 6.61 Å². The second kappa shape index (κ2) is 6.14. The number of carbonyl (C=O) groups excluding carboxylic acids is 1. The van der Waals surface area contributed by atoms with Gasteiger partial charge in [-0.15, -0.1) is 0 Å². The first-order valence-corrected chi connectivity index (χ1v) is 7.10. The number of benzene rings is 1. The predicted octanol–water partition coefficient (Wildman–Crippen LogP) is 3.72. The zero-order valence-corrected chi connectivity index (χ0v) is 13.0. The normalized spacial score (nSPS) is 11.1. The van der Waals surface area contributed by atoms with Crippen molar-refractivity contribution in [2.45, 2.75) is 13.8 Å². The summed E-state index contributed by atoms with van der Waals surface area (Å²) in [7, 11) is 0. The van der Waals surface area contributed by atoms with Crippen molar-refractivity contribution < 1.29 is 9.53 Å². The molecule has 0 N–H and O–H groups in total. The summed E-state index contributed by atoms with van der Waals surface area (Å²) in [6, 6.07) is 8.04. The van der Waals surface area contributed by atoms with Crippen LogP contribution >= 0.6 is 22.6 Å². The summed E-state index contributed by atoms with van der Waals surface area (Å²) >= 11 is 2.26. The third kappa shape index (κ3) is 3.53. The van der Waals surface area contributed by atoms with Crippen molar-refractivity contribution in [3.8, 4) is 0 Å². The van der Waals surface area contributed by atoms with Gasteiger partial charge in [0.2, 0.25) is 0 Å². The highest BCUT2D eigenvalue weighted by Crippen LogP contribution is 2.22. The summed E-state index contributed by atoms with van der Waals surface area (Å²) in [5.74, 6) is -0.323. The van der Waals surface area contributed by atoms with E-state index in [4.69, 9.17) is 4.74 Å². The fourth-order valence-electron chi connectivity index (χ4n) is 1.85. The van der Waals surface area contributed by atoms with Gasteiger partial charge in [0.15, 0.2) is 0 Å². The number of aryl methyl sites for hydroxylation is 1. The predicted molar refractivity (Wildman–Crippen MR) is 84.9 cm³/mol. The fraction of sp³-hybridized carbons (Fsp3) is 0.200. The van der Waals surface area contributed by atoms with Gasteiger partial charge in [-0.1, -0.05) is 0 Å². The van der Waals surface area contributed by atoms with E-state index in [1.165, 1.54) is 6.08 Å². The lowest BCUT2D eigenvalue weighted by atomic mass is 10.1. The van der Waals surface area contributed by atoms with Crippen LogP contribution < -0.4 is 0 Å². The van der Waals surface area contributed by atoms with Crippen LogP contribution in [-0.2, 0) is 9.53 Å². The van der Waals surface area contributed by atoms with Gasteiger partial charge in [-0.3, -0.25) is 4.98 Å². The topological polar surface area (TPSA) is 39.2 Å². The van der Waals surface area contributed by atoms with Crippen molar-refractivity contribution in [2.24, 2.45) is 0 Å². The fourth-order valence-corrected chi connectivity index (χ4v) is 2.34. The summed E-state index contributed by atoms with van der Waals surface area (Å²) in [6.07, 6.45) is 3.24. The summed E-state index contributed by atoms with van der Waals surface area (Å²) in [5.41, 5.74) is 2.84. The lowest BCUT2D eigenvalue weighted by Crippen LogP contribution is -1.98. The van der Waals surface area contributed by atoms with Crippen LogP contribution in [0.25, 0.3) is 17.0 Å². The van der Waals surface area contributed by atoms with Crippen LogP contribution in [0.15, 0.2) is 30.3 Å². The van der Waals surface area contributed by atoms with Crippen LogP contribution in [0.1, 0.15) is 18.2 Å². The SMILES string of the molecule is CCOC(=O)/C=C/c1cc(C)nc2ccc(I)cc12. The number of halogens is 1. The van der Waals surface area contributed by atoms with Gasteiger partial charge in [-0.2, -0.15) is 0 Å². The van der Waals surface area contributed by atoms with E-state index in [0.29, 0.717) is 6.61 Å². The first-order chi connectivity index (χ1) is 9.10. The maximum atomic E-state index is 11.4. The molecular formula is C15H14INO2. The third-order valence-electron chi connectivity index (χ3n) is 2.62. The van der Waals surface area contributed by atoms with Gasteiger partial charge >= 0.3 is 5.97 Å². The monoisotopic (exact) mass is 367 g/mol. The molecule has 0 fully saturated rings. The van der Waals surface area contributed by atoms with Crippen LogP contribution in [0.5, 0.6) is 0 Å². The first-order valence-electron chi connectivity index (χ1n) is 6.02. The molecule has 0 bridgehead atoms. The molecule has 0 aliphatic heterocycles. The highest BCUT2D eigenvalue weighted by Gasteiger charge is 2.03. The molecule has 1 aromatic heterocycles. The average molecular weight is 367 g/mol. The van der Waals surface area contributed by atoms with Gasteiger partial charge in [0.25, 0.3) is 0 Å². The van der Waals surface area contributed by atoms with Crippen molar-refractivity contribution in [3.63, 3.8) is 0 Å². The molecule has 1 heterocycles. The Labute approximate surface area is 125 Å². The number of nitrogens with zero attached hydrogens (tertiary/aromatic N) is 1. The molecule has 0 spiro atoms. The average Bonchev–Trinajstić information content (AvgIpc) is 2.37. The van der Waals surface area contributed by atoms with Gasteiger partial charge in [-0.25, -0.2) is 4.79 Å². The molecule has 0 atom stereocenters. The van der Waals surface area contributed by atoms with Gasteiger partial charge in [0, 0.05) is 20.7 Å². The number of ether oxygens (including phenoxy) is 1. The molecule has 1 aromatic carbocycles. The minimum atomic E-state index is -0.323. The lowest BCUT2D eigenvalue weighted by Gasteiger charge is -2.05. The number of fused-ring (bicyclic) bond motifs is 1. The molecule has 0 unspecified atom stereocenters. The van der Waals surface area contributed by atoms with Crippen LogP contribution in [0.4, 0.5) is 0 Å². The van der Waals surface area contributed by atoms with E-state index in [1.54, 1.807) is 13.0 Å². The number of pyridine rings is 1. The Morgan fingerprint density at radius 2 is 2.21 bits per heavy atom. The van der Waals surface area contributed by atoms with E-state index in [-0.39, 0.29) is 5.97 Å². The lowest BCUT2D eigenvalue weighted by molar-refractivity contribution is -0.137. The Bertz CT molecular complexity index is 650. The van der Waals surface area contributed by atoms with Crippen LogP contribution in [-0.4, -0.2) is 17.6 Å². The Morgan fingerprint density at radius 3 is 2.95 bits per heavy atom. The van der Waals surface area contributed by atoms with E-state index in [1.807, 2.05) is 25.1 Å². The van der Waals surface area contributed by atoms with Gasteiger partial charge in [0.1, 0.15) is 0 Å². The molecule has 0 saturated carbocycles. The molecule has 19 heavy (non-hydrogen) atoms. The van der Waals surface area contributed by atoms with E-state index in [2.05, 4.69) is 33.6 Å². The van der Waals surface area contributed by atoms with E-state index < -0.39 is 0 Å². The number of esters is 1. The molecular weight excluding hydrogens is 353 g/mol. The number of hydrogen-bond donors (Lipinski definition) is 0. The molecule has 0 aliphatic carbocycles. The van der Waals surface area contributed by atoms with E-state index in [9.17, 15) is 4.79 Å². The highest BCUT2D eigenvalue weighted by atomic mass is 127. The summed E-state index contributed by atoms with van der Waals surface area (Å²) < 4.78 is 6.03. The number of aromatic nitrogens is 1. The largest absolute Gasteiger partial charge is 0.463 e. The molecule has 4 heteroatoms. The molecule has 98 valence electrons. The van der Waals surface area contributed by atoms with Crippen LogP contribution in [0.3, 0.4) is 0 Å². The first kappa shape index (κ1) is 14.0. The Morgan fingerprint density at radius 1 is 1.42 bits per heavy atom. The quantitative estimate of drug-likeness (QED) is 0.472. The second-order valence-corrected chi connectivity index (χ2v) is 5.35. The Balaban J connectivity index is 2.46. The minimum absolute atomic E-state index is 0.323. The van der Waals surface area contributed by atoms with E-state index in [0.717, 1.165) is 25.7 Å². The maximum absolute atomic E-state index is 11.4. The Kier molecular flexibility index (Phi) is 4.52. The van der Waals surface area contributed by atoms with Crippen molar-refractivity contribution in [3.05, 3.63) is 45.2 Å². The van der Waals surface area contributed by atoms with Crippen molar-refractivity contribution in [1.29, 1.82) is 0 Å². The van der Waals surface area contributed by atoms with Gasteiger partial charge in [-0.05, 0) is 72.3 Å². The summed E-state index contributed by atoms with van der Waals surface area (Å²) in [4.78, 5) is 15.9. The molecule has 2 rings (SSSR count). The molecule has 0 saturated heterocycles. The molecule has 0 radical (unpaired) electrons. The molecule has 0 aliphatic rings. The van der Waals surface area contributed by atoms with Crippen LogP contribution in [0.2, 0.25) is 0 Å². The number of hydrogen-bond acceptors (Lipinski definition) is 3. The van der Waals surface area contributed by atoms with Crippen molar-refractivity contribution >= 4 is 45.5 Å². The van der Waals surface area contributed by atoms with Gasteiger partial charge in [0.05, 0.1) is 12.1 Å². The highest BCUT2D eigenvalue weighted by molar-refractivity contribution is 14.1. The number of rotatable bonds is 3. The zero-order chi connectivity index (χ0) is 13.8. The number of carbonyl (C=O) groups is 1. The summed E-state index contributed by atoms with van der Waals surface area (Å²) in [6.45, 7) is 4.12. The minimum Gasteiger partial charge on any atom is -0.463 e. The smallest absolute Gasteiger partial charge is 0.330 e. The molecule has 2 aromatic rings. The van der Waals surface area contributed by atoms with Crippen molar-refractivity contribution in [1.82, 2.24) is 4.98 Å².